The van der Waals surface area contributed by atoms with Gasteiger partial charge < -0.3 is 0 Å². The Morgan fingerprint density at radius 1 is 0.500 bits per heavy atom. The van der Waals surface area contributed by atoms with E-state index < -0.39 is 45.2 Å². The number of hydrogen-bond donors (Lipinski definition) is 0. The third-order valence-electron chi connectivity index (χ3n) is 4.07. The third-order valence-corrected chi connectivity index (χ3v) is 4.07. The fourth-order valence-electron chi connectivity index (χ4n) is 2.49. The molecule has 0 nitrogen and oxygen atoms in total. The molecule has 0 aromatic heterocycles. The van der Waals surface area contributed by atoms with E-state index in [0.717, 1.165) is 24.3 Å². The highest BCUT2D eigenvalue weighted by Crippen LogP contribution is 2.36. The van der Waals surface area contributed by atoms with Crippen LogP contribution in [0.4, 0.5) is 17.6 Å². The van der Waals surface area contributed by atoms with Crippen LogP contribution in [-0.2, 0) is 10.8 Å². The monoisotopic (exact) mass is 338 g/mol. The Kier molecular flexibility index (Phi) is 4.55. The fourth-order valence-corrected chi connectivity index (χ4v) is 2.49. The average molecular weight is 338 g/mol. The molecule has 2 aromatic carbocycles. The van der Waals surface area contributed by atoms with E-state index in [1.54, 1.807) is 41.5 Å². The van der Waals surface area contributed by atoms with Crippen LogP contribution in [0.2, 0.25) is 0 Å². The first kappa shape index (κ1) is 18.5. The molecule has 0 fully saturated rings. The standard InChI is InChI=1S/C20H22F4/c1-19(2,3)11-7-13(21)17(14(22)8-11)18-15(23)9-12(10-16(18)24)20(4,5)6/h7-10H,1-6H3. The molecule has 0 saturated carbocycles. The molecule has 4 heteroatoms. The summed E-state index contributed by atoms with van der Waals surface area (Å²) < 4.78 is 57.8. The smallest absolute Gasteiger partial charge is 0.134 e. The zero-order valence-corrected chi connectivity index (χ0v) is 14.8. The fraction of sp³-hybridized carbons (Fsp3) is 0.400. The van der Waals surface area contributed by atoms with Crippen LogP contribution in [0.25, 0.3) is 11.1 Å². The Labute approximate surface area is 140 Å². The molecule has 0 aliphatic carbocycles. The summed E-state index contributed by atoms with van der Waals surface area (Å²) in [5, 5.41) is 0. The van der Waals surface area contributed by atoms with Crippen LogP contribution in [0, 0.1) is 23.3 Å². The quantitative estimate of drug-likeness (QED) is 0.520. The van der Waals surface area contributed by atoms with Gasteiger partial charge in [0.1, 0.15) is 23.3 Å². The third kappa shape index (κ3) is 3.47. The Morgan fingerprint density at radius 2 is 0.708 bits per heavy atom. The van der Waals surface area contributed by atoms with Gasteiger partial charge in [0.15, 0.2) is 0 Å². The Hall–Kier alpha value is -1.84. The van der Waals surface area contributed by atoms with Crippen LogP contribution in [0.5, 0.6) is 0 Å². The van der Waals surface area contributed by atoms with Gasteiger partial charge in [0.2, 0.25) is 0 Å². The molecule has 0 atom stereocenters. The molecule has 0 spiro atoms. The predicted molar refractivity (Wildman–Crippen MR) is 89.1 cm³/mol. The first-order valence-electron chi connectivity index (χ1n) is 7.82. The van der Waals surface area contributed by atoms with E-state index in [9.17, 15) is 17.6 Å². The van der Waals surface area contributed by atoms with Gasteiger partial charge in [-0.1, -0.05) is 41.5 Å². The SMILES string of the molecule is CC(C)(C)c1cc(F)c(-c2c(F)cc(C(C)(C)C)cc2F)c(F)c1. The average Bonchev–Trinajstić information content (AvgIpc) is 2.38. The summed E-state index contributed by atoms with van der Waals surface area (Å²) in [4.78, 5) is 0. The zero-order chi connectivity index (χ0) is 18.4. The summed E-state index contributed by atoms with van der Waals surface area (Å²) >= 11 is 0. The second kappa shape index (κ2) is 5.91. The van der Waals surface area contributed by atoms with Gasteiger partial charge in [-0.05, 0) is 46.2 Å². The molecule has 0 radical (unpaired) electrons. The lowest BCUT2D eigenvalue weighted by atomic mass is 9.84. The first-order chi connectivity index (χ1) is 10.8. The maximum Gasteiger partial charge on any atom is 0.134 e. The molecule has 0 aliphatic heterocycles. The van der Waals surface area contributed by atoms with Gasteiger partial charge >= 0.3 is 0 Å². The minimum absolute atomic E-state index is 0.424. The van der Waals surface area contributed by atoms with Crippen LogP contribution in [0.1, 0.15) is 52.7 Å². The van der Waals surface area contributed by atoms with Crippen molar-refractivity contribution in [1.82, 2.24) is 0 Å². The van der Waals surface area contributed by atoms with E-state index in [1.807, 2.05) is 0 Å². The van der Waals surface area contributed by atoms with E-state index in [0.29, 0.717) is 11.1 Å². The summed E-state index contributed by atoms with van der Waals surface area (Å²) in [6, 6.07) is 4.54. The molecule has 0 aliphatic rings. The number of benzene rings is 2. The van der Waals surface area contributed by atoms with Gasteiger partial charge in [0.25, 0.3) is 0 Å². The van der Waals surface area contributed by atoms with Crippen molar-refractivity contribution in [2.75, 3.05) is 0 Å². The minimum Gasteiger partial charge on any atom is -0.206 e. The van der Waals surface area contributed by atoms with Crippen LogP contribution in [-0.4, -0.2) is 0 Å². The molecule has 0 N–H and O–H groups in total. The molecule has 24 heavy (non-hydrogen) atoms. The number of hydrogen-bond acceptors (Lipinski definition) is 0. The molecule has 0 unspecified atom stereocenters. The summed E-state index contributed by atoms with van der Waals surface area (Å²) in [6.07, 6.45) is 0. The lowest BCUT2D eigenvalue weighted by molar-refractivity contribution is 0.533. The second-order valence-electron chi connectivity index (χ2n) is 8.13. The maximum atomic E-state index is 14.4. The van der Waals surface area contributed by atoms with Gasteiger partial charge in [-0.2, -0.15) is 0 Å². The van der Waals surface area contributed by atoms with E-state index in [2.05, 4.69) is 0 Å². The van der Waals surface area contributed by atoms with Crippen LogP contribution < -0.4 is 0 Å². The number of halogens is 4. The topological polar surface area (TPSA) is 0 Å². The largest absolute Gasteiger partial charge is 0.206 e. The van der Waals surface area contributed by atoms with Gasteiger partial charge in [0, 0.05) is 0 Å². The predicted octanol–water partition coefficient (Wildman–Crippen LogP) is 6.51. The van der Waals surface area contributed by atoms with Crippen molar-refractivity contribution in [1.29, 1.82) is 0 Å². The normalized spacial score (nSPS) is 12.6. The minimum atomic E-state index is -0.971. The Bertz CT molecular complexity index is 664. The van der Waals surface area contributed by atoms with Crippen LogP contribution >= 0.6 is 0 Å². The molecule has 2 aromatic rings. The van der Waals surface area contributed by atoms with Gasteiger partial charge in [0.05, 0.1) is 11.1 Å². The molecule has 0 heterocycles. The van der Waals surface area contributed by atoms with Crippen molar-refractivity contribution in [3.63, 3.8) is 0 Å². The molecule has 130 valence electrons. The first-order valence-corrected chi connectivity index (χ1v) is 7.82. The lowest BCUT2D eigenvalue weighted by Gasteiger charge is -2.22. The number of rotatable bonds is 1. The van der Waals surface area contributed by atoms with Crippen molar-refractivity contribution in [2.24, 2.45) is 0 Å². The van der Waals surface area contributed by atoms with Crippen molar-refractivity contribution in [3.8, 4) is 11.1 Å². The van der Waals surface area contributed by atoms with Gasteiger partial charge in [-0.3, -0.25) is 0 Å². The lowest BCUT2D eigenvalue weighted by Crippen LogP contribution is -2.14. The summed E-state index contributed by atoms with van der Waals surface area (Å²) in [7, 11) is 0. The van der Waals surface area contributed by atoms with Crippen molar-refractivity contribution >= 4 is 0 Å². The molecule has 0 saturated heterocycles. The van der Waals surface area contributed by atoms with E-state index in [-0.39, 0.29) is 0 Å². The van der Waals surface area contributed by atoms with E-state index in [1.165, 1.54) is 0 Å². The van der Waals surface area contributed by atoms with Gasteiger partial charge in [-0.15, -0.1) is 0 Å². The molecular weight excluding hydrogens is 316 g/mol. The highest BCUT2D eigenvalue weighted by molar-refractivity contribution is 5.67. The summed E-state index contributed by atoms with van der Waals surface area (Å²) in [5.74, 6) is -3.88. The second-order valence-corrected chi connectivity index (χ2v) is 8.13. The highest BCUT2D eigenvalue weighted by atomic mass is 19.1. The van der Waals surface area contributed by atoms with Gasteiger partial charge in [-0.25, -0.2) is 17.6 Å². The van der Waals surface area contributed by atoms with Crippen LogP contribution in [0.15, 0.2) is 24.3 Å². The summed E-state index contributed by atoms with van der Waals surface area (Å²) in [6.45, 7) is 10.8. The van der Waals surface area contributed by atoms with Crippen molar-refractivity contribution < 1.29 is 17.6 Å². The van der Waals surface area contributed by atoms with Crippen molar-refractivity contribution in [3.05, 3.63) is 58.7 Å². The summed E-state index contributed by atoms with van der Waals surface area (Å²) in [5.41, 5.74) is -1.44. The van der Waals surface area contributed by atoms with Crippen molar-refractivity contribution in [2.45, 2.75) is 52.4 Å². The van der Waals surface area contributed by atoms with E-state index in [4.69, 9.17) is 0 Å². The maximum absolute atomic E-state index is 14.4. The highest BCUT2D eigenvalue weighted by Gasteiger charge is 2.26. The molecular formula is C20H22F4. The van der Waals surface area contributed by atoms with Crippen LogP contribution in [0.3, 0.4) is 0 Å². The zero-order valence-electron chi connectivity index (χ0n) is 14.8. The molecule has 2 rings (SSSR count). The molecule has 0 amide bonds. The van der Waals surface area contributed by atoms with E-state index >= 15 is 0 Å². The Morgan fingerprint density at radius 3 is 0.875 bits per heavy atom. The Balaban J connectivity index is 2.70. The molecule has 0 bridgehead atoms.